The topological polar surface area (TPSA) is 155 Å². The molecule has 0 saturated heterocycles. The van der Waals surface area contributed by atoms with Gasteiger partial charge in [-0.15, -0.1) is 0 Å². The minimum Gasteiger partial charge on any atom is -0.462 e. The molecule has 0 aromatic carbocycles. The van der Waals surface area contributed by atoms with Crippen LogP contribution in [0, 0.1) is 0 Å². The summed E-state index contributed by atoms with van der Waals surface area (Å²) in [6.07, 6.45) is 67.9. The zero-order valence-corrected chi connectivity index (χ0v) is 49.1. The molecule has 0 fully saturated rings. The van der Waals surface area contributed by atoms with Gasteiger partial charge in [-0.3, -0.25) is 23.4 Å². The molecule has 11 nitrogen and oxygen atoms in total. The maximum Gasteiger partial charge on any atom is 0.472 e. The molecule has 2 N–H and O–H groups in total. The van der Waals surface area contributed by atoms with Crippen LogP contribution in [0.2, 0.25) is 0 Å². The van der Waals surface area contributed by atoms with Crippen LogP contribution in [0.3, 0.4) is 0 Å². The molecule has 0 aliphatic heterocycles. The number of phosphoric acid groups is 1. The highest BCUT2D eigenvalue weighted by molar-refractivity contribution is 7.47. The van der Waals surface area contributed by atoms with Crippen molar-refractivity contribution in [3.8, 4) is 0 Å². The molecule has 0 saturated carbocycles. The SMILES string of the molecule is CC/C=C\C/C=C\C/C=C\C/C=C\C/C=C\CCCC(=O)OC(COC(=O)CCCCCCCCC/C=C\C/C=C\CCCCC)COP(=O)(O)OCC(CO)OC(=O)CCCCCCC/C=C\CCCCCCCC. The lowest BCUT2D eigenvalue weighted by Gasteiger charge is -2.21. The van der Waals surface area contributed by atoms with E-state index >= 15 is 0 Å². The van der Waals surface area contributed by atoms with E-state index in [0.717, 1.165) is 109 Å². The van der Waals surface area contributed by atoms with E-state index in [-0.39, 0.29) is 25.9 Å². The van der Waals surface area contributed by atoms with E-state index in [1.165, 1.54) is 77.0 Å². The monoisotopic (exact) mass is 1080 g/mol. The average molecular weight is 1090 g/mol. The predicted octanol–water partition coefficient (Wildman–Crippen LogP) is 18.0. The number of hydrogen-bond donors (Lipinski definition) is 2. The normalized spacial score (nSPS) is 14.0. The predicted molar refractivity (Wildman–Crippen MR) is 316 cm³/mol. The Morgan fingerprint density at radius 2 is 0.697 bits per heavy atom. The van der Waals surface area contributed by atoms with Crippen molar-refractivity contribution in [2.75, 3.05) is 26.4 Å². The van der Waals surface area contributed by atoms with Gasteiger partial charge in [-0.1, -0.05) is 214 Å². The van der Waals surface area contributed by atoms with E-state index in [9.17, 15) is 28.9 Å². The number of phosphoric ester groups is 1. The highest BCUT2D eigenvalue weighted by Crippen LogP contribution is 2.43. The number of carbonyl (C=O) groups is 3. The van der Waals surface area contributed by atoms with Crippen molar-refractivity contribution in [2.24, 2.45) is 0 Å². The Bertz CT molecular complexity index is 1640. The van der Waals surface area contributed by atoms with Crippen molar-refractivity contribution >= 4 is 25.7 Å². The standard InChI is InChI=1S/C64H109O11P/c1-4-7-10-13-16-19-22-25-28-30-33-35-38-41-44-47-50-53-62(66)71-57-61(75-64(68)55-52-49-46-43-40-37-34-31-29-26-23-20-17-14-11-8-5-2)59-73-76(69,70)72-58-60(56-65)74-63(67)54-51-48-45-42-39-36-32-27-24-21-18-15-12-9-6-3/h8,11,16-17,19-20,25-29,32,34,37,43,46,60-61,65H,4-7,9-10,12-15,18,21-24,30-31,33,35-36,38-42,44-45,47-59H2,1-3H3,(H,69,70)/b11-8-,19-16-,20-17-,28-25-,29-26-,32-27-,37-34-,46-43-. The molecule has 0 aliphatic carbocycles. The summed E-state index contributed by atoms with van der Waals surface area (Å²) in [6, 6.07) is 0. The fraction of sp³-hybridized carbons (Fsp3) is 0.703. The Morgan fingerprint density at radius 1 is 0.382 bits per heavy atom. The fourth-order valence-electron chi connectivity index (χ4n) is 7.89. The number of unbranched alkanes of at least 4 members (excludes halogenated alkanes) is 22. The Kier molecular flexibility index (Phi) is 54.8. The van der Waals surface area contributed by atoms with E-state index < -0.39 is 57.8 Å². The van der Waals surface area contributed by atoms with Crippen molar-refractivity contribution in [3.63, 3.8) is 0 Å². The van der Waals surface area contributed by atoms with Crippen molar-refractivity contribution in [2.45, 2.75) is 264 Å². The molecule has 3 unspecified atom stereocenters. The van der Waals surface area contributed by atoms with Crippen LogP contribution in [-0.2, 0) is 42.2 Å². The summed E-state index contributed by atoms with van der Waals surface area (Å²) in [5.74, 6) is -1.56. The number of carbonyl (C=O) groups excluding carboxylic acids is 3. The Labute approximate surface area is 463 Å². The third-order valence-electron chi connectivity index (χ3n) is 12.5. The fourth-order valence-corrected chi connectivity index (χ4v) is 8.67. The molecule has 436 valence electrons. The van der Waals surface area contributed by atoms with E-state index in [1.54, 1.807) is 0 Å². The summed E-state index contributed by atoms with van der Waals surface area (Å²) in [4.78, 5) is 48.6. The van der Waals surface area contributed by atoms with Gasteiger partial charge in [-0.2, -0.15) is 0 Å². The van der Waals surface area contributed by atoms with Gasteiger partial charge < -0.3 is 24.2 Å². The molecule has 76 heavy (non-hydrogen) atoms. The van der Waals surface area contributed by atoms with Gasteiger partial charge in [0.05, 0.1) is 19.8 Å². The molecular formula is C64H109O11P. The second kappa shape index (κ2) is 57.6. The zero-order chi connectivity index (χ0) is 55.5. The van der Waals surface area contributed by atoms with Crippen LogP contribution in [0.4, 0.5) is 0 Å². The molecule has 0 aliphatic rings. The minimum absolute atomic E-state index is 0.0835. The third-order valence-corrected chi connectivity index (χ3v) is 13.4. The van der Waals surface area contributed by atoms with Crippen LogP contribution in [0.1, 0.15) is 252 Å². The highest BCUT2D eigenvalue weighted by atomic mass is 31.2. The van der Waals surface area contributed by atoms with Gasteiger partial charge in [0.2, 0.25) is 0 Å². The van der Waals surface area contributed by atoms with E-state index in [2.05, 4.69) is 106 Å². The van der Waals surface area contributed by atoms with Crippen LogP contribution in [0.25, 0.3) is 0 Å². The van der Waals surface area contributed by atoms with Gasteiger partial charge in [0.1, 0.15) is 12.7 Å². The van der Waals surface area contributed by atoms with Gasteiger partial charge in [-0.05, 0) is 116 Å². The van der Waals surface area contributed by atoms with E-state index in [4.69, 9.17) is 23.3 Å². The van der Waals surface area contributed by atoms with Crippen LogP contribution >= 0.6 is 7.82 Å². The molecular weight excluding hydrogens is 976 g/mol. The van der Waals surface area contributed by atoms with Crippen molar-refractivity contribution in [3.05, 3.63) is 97.2 Å². The lowest BCUT2D eigenvalue weighted by Crippen LogP contribution is -2.30. The first-order chi connectivity index (χ1) is 37.2. The summed E-state index contributed by atoms with van der Waals surface area (Å²) in [5.41, 5.74) is 0. The number of ether oxygens (including phenoxy) is 3. The van der Waals surface area contributed by atoms with Crippen molar-refractivity contribution in [1.29, 1.82) is 0 Å². The molecule has 0 amide bonds. The minimum atomic E-state index is -4.77. The molecule has 0 aromatic heterocycles. The van der Waals surface area contributed by atoms with E-state index in [0.29, 0.717) is 25.7 Å². The lowest BCUT2D eigenvalue weighted by molar-refractivity contribution is -0.161. The van der Waals surface area contributed by atoms with Crippen LogP contribution < -0.4 is 0 Å². The molecule has 0 bridgehead atoms. The maximum atomic E-state index is 12.9. The molecule has 0 radical (unpaired) electrons. The second-order valence-electron chi connectivity index (χ2n) is 19.8. The van der Waals surface area contributed by atoms with Crippen LogP contribution in [0.5, 0.6) is 0 Å². The first kappa shape index (κ1) is 72.4. The van der Waals surface area contributed by atoms with Gasteiger partial charge in [0, 0.05) is 19.3 Å². The first-order valence-electron chi connectivity index (χ1n) is 30.1. The molecule has 0 aromatic rings. The third kappa shape index (κ3) is 55.2. The van der Waals surface area contributed by atoms with Crippen molar-refractivity contribution in [1.82, 2.24) is 0 Å². The Morgan fingerprint density at radius 3 is 1.14 bits per heavy atom. The van der Waals surface area contributed by atoms with Crippen LogP contribution in [-0.4, -0.2) is 66.5 Å². The van der Waals surface area contributed by atoms with Gasteiger partial charge >= 0.3 is 25.7 Å². The number of aliphatic hydroxyl groups is 1. The molecule has 0 heterocycles. The Balaban J connectivity index is 4.82. The lowest BCUT2D eigenvalue weighted by atomic mass is 10.1. The quantitative estimate of drug-likeness (QED) is 0.0197. The van der Waals surface area contributed by atoms with Gasteiger partial charge in [-0.25, -0.2) is 4.57 Å². The van der Waals surface area contributed by atoms with Gasteiger partial charge in [0.15, 0.2) is 6.10 Å². The first-order valence-corrected chi connectivity index (χ1v) is 31.6. The number of hydrogen-bond acceptors (Lipinski definition) is 10. The van der Waals surface area contributed by atoms with E-state index in [1.807, 2.05) is 12.2 Å². The summed E-state index contributed by atoms with van der Waals surface area (Å²) in [6.45, 7) is 4.43. The summed E-state index contributed by atoms with van der Waals surface area (Å²) in [5, 5.41) is 9.83. The largest absolute Gasteiger partial charge is 0.472 e. The van der Waals surface area contributed by atoms with Crippen molar-refractivity contribution < 1.29 is 52.2 Å². The smallest absolute Gasteiger partial charge is 0.462 e. The zero-order valence-electron chi connectivity index (χ0n) is 48.2. The number of esters is 3. The van der Waals surface area contributed by atoms with Crippen LogP contribution in [0.15, 0.2) is 97.2 Å². The number of allylic oxidation sites excluding steroid dienone is 16. The summed E-state index contributed by atoms with van der Waals surface area (Å²) >= 11 is 0. The number of aliphatic hydroxyl groups excluding tert-OH is 1. The highest BCUT2D eigenvalue weighted by Gasteiger charge is 2.28. The Hall–Kier alpha value is -3.60. The maximum absolute atomic E-state index is 12.9. The average Bonchev–Trinajstić information content (AvgIpc) is 3.41. The number of rotatable bonds is 55. The summed E-state index contributed by atoms with van der Waals surface area (Å²) < 4.78 is 39.5. The molecule has 0 rings (SSSR count). The molecule has 0 spiro atoms. The summed E-state index contributed by atoms with van der Waals surface area (Å²) in [7, 11) is -4.77. The molecule has 3 atom stereocenters. The van der Waals surface area contributed by atoms with Gasteiger partial charge in [0.25, 0.3) is 0 Å². The second-order valence-corrected chi connectivity index (χ2v) is 21.2. The molecule has 12 heteroatoms.